The molecule has 0 fully saturated rings. The Labute approximate surface area is 125 Å². The zero-order valence-electron chi connectivity index (χ0n) is 11.7. The monoisotopic (exact) mass is 312 g/mol. The minimum atomic E-state index is -0.265. The van der Waals surface area contributed by atoms with Crippen molar-refractivity contribution in [2.45, 2.75) is 26.5 Å². The van der Waals surface area contributed by atoms with Gasteiger partial charge in [-0.1, -0.05) is 16.6 Å². The molecule has 2 heterocycles. The van der Waals surface area contributed by atoms with Gasteiger partial charge < -0.3 is 9.84 Å². The van der Waals surface area contributed by atoms with Crippen molar-refractivity contribution in [3.63, 3.8) is 0 Å². The molecule has 0 saturated carbocycles. The van der Waals surface area contributed by atoms with Crippen LogP contribution in [0.5, 0.6) is 0 Å². The first-order valence-electron chi connectivity index (χ1n) is 6.25. The van der Waals surface area contributed by atoms with E-state index in [4.69, 9.17) is 9.84 Å². The summed E-state index contributed by atoms with van der Waals surface area (Å²) in [6.07, 6.45) is 0.421. The summed E-state index contributed by atoms with van der Waals surface area (Å²) in [4.78, 5) is 11.9. The number of aromatic nitrogens is 5. The van der Waals surface area contributed by atoms with Crippen molar-refractivity contribution in [2.24, 2.45) is 0 Å². The lowest BCUT2D eigenvalue weighted by atomic mass is 10.3. The van der Waals surface area contributed by atoms with Gasteiger partial charge in [-0.3, -0.25) is 10.1 Å². The van der Waals surface area contributed by atoms with Gasteiger partial charge >= 0.3 is 0 Å². The molecule has 0 saturated heterocycles. The highest BCUT2D eigenvalue weighted by Crippen LogP contribution is 2.15. The number of amides is 1. The van der Waals surface area contributed by atoms with Gasteiger partial charge in [-0.2, -0.15) is 0 Å². The standard InChI is InChI=1S/C11H16N6O3S/c1-7-8(3-4-18)13-16-17(7)5-9(19)12-11-15-14-10(21-11)6-20-2/h18H,3-6H2,1-2H3,(H,12,15,19). The predicted molar refractivity (Wildman–Crippen MR) is 74.8 cm³/mol. The summed E-state index contributed by atoms with van der Waals surface area (Å²) in [7, 11) is 1.57. The van der Waals surface area contributed by atoms with Crippen LogP contribution < -0.4 is 5.32 Å². The van der Waals surface area contributed by atoms with E-state index in [1.54, 1.807) is 14.0 Å². The van der Waals surface area contributed by atoms with Gasteiger partial charge in [-0.15, -0.1) is 15.3 Å². The third-order valence-electron chi connectivity index (χ3n) is 2.70. The molecule has 1 amide bonds. The van der Waals surface area contributed by atoms with E-state index in [1.165, 1.54) is 16.0 Å². The van der Waals surface area contributed by atoms with Crippen molar-refractivity contribution in [1.29, 1.82) is 0 Å². The maximum atomic E-state index is 11.9. The molecule has 0 bridgehead atoms. The number of rotatable bonds is 7. The number of ether oxygens (including phenoxy) is 1. The van der Waals surface area contributed by atoms with E-state index in [0.29, 0.717) is 28.9 Å². The Hall–Kier alpha value is -1.91. The maximum Gasteiger partial charge on any atom is 0.248 e. The Bertz CT molecular complexity index is 611. The normalized spacial score (nSPS) is 10.8. The zero-order valence-corrected chi connectivity index (χ0v) is 12.6. The van der Waals surface area contributed by atoms with Crippen LogP contribution in [0.1, 0.15) is 16.4 Å². The summed E-state index contributed by atoms with van der Waals surface area (Å²) >= 11 is 1.26. The summed E-state index contributed by atoms with van der Waals surface area (Å²) in [5, 5.41) is 28.2. The quantitative estimate of drug-likeness (QED) is 0.725. The topological polar surface area (TPSA) is 115 Å². The number of aliphatic hydroxyl groups excluding tert-OH is 1. The Morgan fingerprint density at radius 3 is 2.95 bits per heavy atom. The fourth-order valence-corrected chi connectivity index (χ4v) is 2.39. The second-order valence-corrected chi connectivity index (χ2v) is 5.30. The van der Waals surface area contributed by atoms with Gasteiger partial charge in [0, 0.05) is 20.1 Å². The molecule has 0 unspecified atom stereocenters. The zero-order chi connectivity index (χ0) is 15.2. The average Bonchev–Trinajstić information content (AvgIpc) is 3.01. The van der Waals surface area contributed by atoms with Gasteiger partial charge in [-0.25, -0.2) is 4.68 Å². The first-order chi connectivity index (χ1) is 10.1. The number of carbonyl (C=O) groups excluding carboxylic acids is 1. The highest BCUT2D eigenvalue weighted by Gasteiger charge is 2.13. The van der Waals surface area contributed by atoms with Crippen LogP contribution in [0.25, 0.3) is 0 Å². The van der Waals surface area contributed by atoms with Gasteiger partial charge in [0.2, 0.25) is 11.0 Å². The fourth-order valence-electron chi connectivity index (χ4n) is 1.66. The molecule has 0 spiro atoms. The summed E-state index contributed by atoms with van der Waals surface area (Å²) < 4.78 is 6.42. The smallest absolute Gasteiger partial charge is 0.248 e. The van der Waals surface area contributed by atoms with Crippen molar-refractivity contribution in [2.75, 3.05) is 19.0 Å². The van der Waals surface area contributed by atoms with Crippen LogP contribution in [-0.2, 0) is 29.1 Å². The molecular weight excluding hydrogens is 296 g/mol. The van der Waals surface area contributed by atoms with Crippen LogP contribution in [-0.4, -0.2) is 49.9 Å². The third-order valence-corrected chi connectivity index (χ3v) is 3.51. The van der Waals surface area contributed by atoms with Crippen LogP contribution in [0.15, 0.2) is 0 Å². The molecule has 0 atom stereocenters. The van der Waals surface area contributed by atoms with E-state index in [2.05, 4.69) is 25.8 Å². The van der Waals surface area contributed by atoms with E-state index in [1.807, 2.05) is 0 Å². The summed E-state index contributed by atoms with van der Waals surface area (Å²) in [6, 6.07) is 0. The Balaban J connectivity index is 1.94. The molecular formula is C11H16N6O3S. The number of carbonyl (C=O) groups is 1. The lowest BCUT2D eigenvalue weighted by Gasteiger charge is -2.03. The number of hydrogen-bond acceptors (Lipinski definition) is 8. The molecule has 2 rings (SSSR count). The highest BCUT2D eigenvalue weighted by molar-refractivity contribution is 7.15. The second kappa shape index (κ2) is 7.20. The first kappa shape index (κ1) is 15.5. The number of nitrogens with zero attached hydrogens (tertiary/aromatic N) is 5. The van der Waals surface area contributed by atoms with Crippen LogP contribution in [0.4, 0.5) is 5.13 Å². The van der Waals surface area contributed by atoms with E-state index in [-0.39, 0.29) is 19.1 Å². The van der Waals surface area contributed by atoms with Crippen molar-refractivity contribution in [3.05, 3.63) is 16.4 Å². The molecule has 0 aliphatic carbocycles. The first-order valence-corrected chi connectivity index (χ1v) is 7.06. The van der Waals surface area contributed by atoms with Crippen molar-refractivity contribution < 1.29 is 14.6 Å². The Morgan fingerprint density at radius 1 is 1.43 bits per heavy atom. The highest BCUT2D eigenvalue weighted by atomic mass is 32.1. The minimum Gasteiger partial charge on any atom is -0.396 e. The number of nitrogens with one attached hydrogen (secondary N) is 1. The van der Waals surface area contributed by atoms with E-state index < -0.39 is 0 Å². The van der Waals surface area contributed by atoms with E-state index in [0.717, 1.165) is 5.69 Å². The molecule has 0 radical (unpaired) electrons. The number of aliphatic hydroxyl groups is 1. The van der Waals surface area contributed by atoms with E-state index >= 15 is 0 Å². The molecule has 0 aliphatic heterocycles. The SMILES string of the molecule is COCc1nnc(NC(=O)Cn2nnc(CCO)c2C)s1. The van der Waals surface area contributed by atoms with Gasteiger partial charge in [-0.05, 0) is 6.92 Å². The lowest BCUT2D eigenvalue weighted by Crippen LogP contribution is -2.20. The summed E-state index contributed by atoms with van der Waals surface area (Å²) in [6.45, 7) is 2.20. The van der Waals surface area contributed by atoms with Gasteiger partial charge in [0.15, 0.2) is 0 Å². The maximum absolute atomic E-state index is 11.9. The number of anilines is 1. The van der Waals surface area contributed by atoms with Crippen molar-refractivity contribution >= 4 is 22.4 Å². The van der Waals surface area contributed by atoms with E-state index in [9.17, 15) is 4.79 Å². The number of methoxy groups -OCH3 is 1. The van der Waals surface area contributed by atoms with Crippen LogP contribution in [0.2, 0.25) is 0 Å². The largest absolute Gasteiger partial charge is 0.396 e. The van der Waals surface area contributed by atoms with Crippen molar-refractivity contribution in [1.82, 2.24) is 25.2 Å². The molecule has 2 aromatic heterocycles. The summed E-state index contributed by atoms with van der Waals surface area (Å²) in [5.74, 6) is -0.265. The summed E-state index contributed by atoms with van der Waals surface area (Å²) in [5.41, 5.74) is 1.44. The second-order valence-electron chi connectivity index (χ2n) is 4.23. The Kier molecular flexibility index (Phi) is 5.31. The molecule has 0 aromatic carbocycles. The van der Waals surface area contributed by atoms with Gasteiger partial charge in [0.25, 0.3) is 0 Å². The van der Waals surface area contributed by atoms with Crippen LogP contribution in [0, 0.1) is 6.92 Å². The molecule has 2 N–H and O–H groups in total. The molecule has 114 valence electrons. The van der Waals surface area contributed by atoms with Crippen LogP contribution in [0.3, 0.4) is 0 Å². The number of hydrogen-bond donors (Lipinski definition) is 2. The molecule has 2 aromatic rings. The third kappa shape index (κ3) is 4.03. The van der Waals surface area contributed by atoms with Crippen molar-refractivity contribution in [3.8, 4) is 0 Å². The Morgan fingerprint density at radius 2 is 2.24 bits per heavy atom. The lowest BCUT2D eigenvalue weighted by molar-refractivity contribution is -0.117. The molecule has 10 heteroatoms. The average molecular weight is 312 g/mol. The van der Waals surface area contributed by atoms with Crippen LogP contribution >= 0.6 is 11.3 Å². The minimum absolute atomic E-state index is 0.00120. The fraction of sp³-hybridized carbons (Fsp3) is 0.545. The molecule has 9 nitrogen and oxygen atoms in total. The predicted octanol–water partition coefficient (Wildman–Crippen LogP) is -0.242. The molecule has 0 aliphatic rings. The molecule has 21 heavy (non-hydrogen) atoms. The van der Waals surface area contributed by atoms with Gasteiger partial charge in [0.05, 0.1) is 11.4 Å². The van der Waals surface area contributed by atoms with Gasteiger partial charge in [0.1, 0.15) is 18.2 Å².